The molecule has 0 spiro atoms. The first kappa shape index (κ1) is 11.3. The van der Waals surface area contributed by atoms with E-state index in [-0.39, 0.29) is 6.04 Å². The number of benzene rings is 2. The van der Waals surface area contributed by atoms with Gasteiger partial charge in [-0.15, -0.1) is 0 Å². The second-order valence-corrected chi connectivity index (χ2v) is 5.43. The SMILES string of the molecule is CS(=O)CC(N)c1ccc2ccccc2c1. The van der Waals surface area contributed by atoms with Crippen molar-refractivity contribution in [3.63, 3.8) is 0 Å². The summed E-state index contributed by atoms with van der Waals surface area (Å²) in [7, 11) is -0.855. The van der Waals surface area contributed by atoms with Gasteiger partial charge in [0.1, 0.15) is 0 Å². The van der Waals surface area contributed by atoms with E-state index in [0.29, 0.717) is 5.75 Å². The van der Waals surface area contributed by atoms with E-state index < -0.39 is 10.8 Å². The van der Waals surface area contributed by atoms with Gasteiger partial charge >= 0.3 is 0 Å². The standard InChI is InChI=1S/C13H15NOS/c1-16(15)9-13(14)12-7-6-10-4-2-3-5-11(10)8-12/h2-8,13H,9,14H2,1H3. The number of hydrogen-bond donors (Lipinski definition) is 1. The molecule has 2 N–H and O–H groups in total. The highest BCUT2D eigenvalue weighted by Gasteiger charge is 2.08. The third-order valence-electron chi connectivity index (χ3n) is 2.62. The Bertz CT molecular complexity index is 524. The van der Waals surface area contributed by atoms with Gasteiger partial charge < -0.3 is 5.73 Å². The quantitative estimate of drug-likeness (QED) is 0.883. The van der Waals surface area contributed by atoms with Gasteiger partial charge in [0.05, 0.1) is 0 Å². The molecular weight excluding hydrogens is 218 g/mol. The van der Waals surface area contributed by atoms with E-state index in [0.717, 1.165) is 5.56 Å². The molecule has 2 nitrogen and oxygen atoms in total. The summed E-state index contributed by atoms with van der Waals surface area (Å²) in [5.74, 6) is 0.512. The summed E-state index contributed by atoms with van der Waals surface area (Å²) in [6.07, 6.45) is 1.68. The Labute approximate surface area is 97.9 Å². The molecule has 16 heavy (non-hydrogen) atoms. The van der Waals surface area contributed by atoms with Crippen LogP contribution in [-0.2, 0) is 10.8 Å². The predicted molar refractivity (Wildman–Crippen MR) is 69.8 cm³/mol. The molecule has 2 rings (SSSR count). The van der Waals surface area contributed by atoms with E-state index in [1.54, 1.807) is 6.26 Å². The third kappa shape index (κ3) is 2.49. The minimum absolute atomic E-state index is 0.143. The second kappa shape index (κ2) is 4.76. The summed E-state index contributed by atoms with van der Waals surface area (Å²) < 4.78 is 11.1. The van der Waals surface area contributed by atoms with Crippen molar-refractivity contribution < 1.29 is 4.21 Å². The highest BCUT2D eigenvalue weighted by Crippen LogP contribution is 2.19. The molecule has 0 radical (unpaired) electrons. The summed E-state index contributed by atoms with van der Waals surface area (Å²) in [4.78, 5) is 0. The third-order valence-corrected chi connectivity index (χ3v) is 3.44. The molecule has 0 fully saturated rings. The summed E-state index contributed by atoms with van der Waals surface area (Å²) >= 11 is 0. The lowest BCUT2D eigenvalue weighted by molar-refractivity contribution is 0.679. The molecule has 0 bridgehead atoms. The Kier molecular flexibility index (Phi) is 3.36. The molecule has 0 aliphatic heterocycles. The first-order chi connectivity index (χ1) is 7.66. The summed E-state index contributed by atoms with van der Waals surface area (Å²) in [6, 6.07) is 14.2. The van der Waals surface area contributed by atoms with Crippen molar-refractivity contribution in [2.75, 3.05) is 12.0 Å². The highest BCUT2D eigenvalue weighted by molar-refractivity contribution is 7.84. The van der Waals surface area contributed by atoms with Gasteiger partial charge in [0.2, 0.25) is 0 Å². The van der Waals surface area contributed by atoms with Gasteiger partial charge in [0.15, 0.2) is 0 Å². The molecular formula is C13H15NOS. The van der Waals surface area contributed by atoms with Crippen molar-refractivity contribution in [1.29, 1.82) is 0 Å². The Hall–Kier alpha value is -1.19. The number of nitrogens with two attached hydrogens (primary N) is 1. The molecule has 3 heteroatoms. The molecule has 0 aromatic heterocycles. The maximum absolute atomic E-state index is 11.1. The van der Waals surface area contributed by atoms with Gasteiger partial charge in [-0.25, -0.2) is 0 Å². The van der Waals surface area contributed by atoms with Gasteiger partial charge in [0.25, 0.3) is 0 Å². The molecule has 2 aromatic rings. The molecule has 0 heterocycles. The second-order valence-electron chi connectivity index (χ2n) is 3.95. The Morgan fingerprint density at radius 3 is 2.56 bits per heavy atom. The average molecular weight is 233 g/mol. The Morgan fingerprint density at radius 1 is 1.19 bits per heavy atom. The average Bonchev–Trinajstić information content (AvgIpc) is 2.27. The zero-order valence-electron chi connectivity index (χ0n) is 9.22. The van der Waals surface area contributed by atoms with E-state index in [9.17, 15) is 4.21 Å². The van der Waals surface area contributed by atoms with Crippen LogP contribution in [0.3, 0.4) is 0 Å². The van der Waals surface area contributed by atoms with Crippen molar-refractivity contribution >= 4 is 21.6 Å². The zero-order valence-corrected chi connectivity index (χ0v) is 10.0. The van der Waals surface area contributed by atoms with E-state index in [2.05, 4.69) is 24.3 Å². The van der Waals surface area contributed by atoms with E-state index in [1.165, 1.54) is 10.8 Å². The zero-order chi connectivity index (χ0) is 11.5. The van der Waals surface area contributed by atoms with E-state index in [4.69, 9.17) is 5.73 Å². The Balaban J connectivity index is 2.35. The van der Waals surface area contributed by atoms with Crippen molar-refractivity contribution in [3.8, 4) is 0 Å². The van der Waals surface area contributed by atoms with Crippen LogP contribution >= 0.6 is 0 Å². The van der Waals surface area contributed by atoms with E-state index >= 15 is 0 Å². The molecule has 2 unspecified atom stereocenters. The largest absolute Gasteiger partial charge is 0.323 e. The lowest BCUT2D eigenvalue weighted by Gasteiger charge is -2.11. The van der Waals surface area contributed by atoms with Gasteiger partial charge in [-0.1, -0.05) is 36.4 Å². The first-order valence-corrected chi connectivity index (χ1v) is 6.94. The van der Waals surface area contributed by atoms with Crippen LogP contribution in [0.4, 0.5) is 0 Å². The smallest absolute Gasteiger partial charge is 0.0425 e. The minimum Gasteiger partial charge on any atom is -0.323 e. The maximum atomic E-state index is 11.1. The fraction of sp³-hybridized carbons (Fsp3) is 0.231. The lowest BCUT2D eigenvalue weighted by Crippen LogP contribution is -2.17. The summed E-state index contributed by atoms with van der Waals surface area (Å²) in [5.41, 5.74) is 7.04. The van der Waals surface area contributed by atoms with E-state index in [1.807, 2.05) is 18.2 Å². The summed E-state index contributed by atoms with van der Waals surface area (Å²) in [5, 5.41) is 2.38. The monoisotopic (exact) mass is 233 g/mol. The number of hydrogen-bond acceptors (Lipinski definition) is 2. The number of fused-ring (bicyclic) bond motifs is 1. The molecule has 84 valence electrons. The first-order valence-electron chi connectivity index (χ1n) is 5.21. The molecule has 2 atom stereocenters. The number of rotatable bonds is 3. The molecule has 0 amide bonds. The van der Waals surface area contributed by atoms with Crippen molar-refractivity contribution in [2.45, 2.75) is 6.04 Å². The Morgan fingerprint density at radius 2 is 1.88 bits per heavy atom. The normalized spacial score (nSPS) is 14.9. The fourth-order valence-corrected chi connectivity index (χ4v) is 2.49. The molecule has 0 saturated carbocycles. The van der Waals surface area contributed by atoms with Gasteiger partial charge in [0, 0.05) is 28.9 Å². The van der Waals surface area contributed by atoms with Crippen molar-refractivity contribution in [2.24, 2.45) is 5.73 Å². The lowest BCUT2D eigenvalue weighted by atomic mass is 10.0. The maximum Gasteiger partial charge on any atom is 0.0425 e. The fourth-order valence-electron chi connectivity index (χ4n) is 1.79. The topological polar surface area (TPSA) is 43.1 Å². The van der Waals surface area contributed by atoms with Crippen LogP contribution in [-0.4, -0.2) is 16.2 Å². The molecule has 0 aliphatic rings. The van der Waals surface area contributed by atoms with Crippen molar-refractivity contribution in [1.82, 2.24) is 0 Å². The van der Waals surface area contributed by atoms with Crippen LogP contribution in [0.15, 0.2) is 42.5 Å². The van der Waals surface area contributed by atoms with Crippen LogP contribution in [0, 0.1) is 0 Å². The highest BCUT2D eigenvalue weighted by atomic mass is 32.2. The van der Waals surface area contributed by atoms with Gasteiger partial charge in [-0.3, -0.25) is 4.21 Å². The van der Waals surface area contributed by atoms with Crippen LogP contribution in [0.5, 0.6) is 0 Å². The van der Waals surface area contributed by atoms with Crippen LogP contribution in [0.25, 0.3) is 10.8 Å². The molecule has 0 saturated heterocycles. The minimum atomic E-state index is -0.855. The predicted octanol–water partition coefficient (Wildman–Crippen LogP) is 2.22. The van der Waals surface area contributed by atoms with Gasteiger partial charge in [-0.05, 0) is 22.4 Å². The van der Waals surface area contributed by atoms with Crippen LogP contribution < -0.4 is 5.73 Å². The van der Waals surface area contributed by atoms with Crippen LogP contribution in [0.2, 0.25) is 0 Å². The van der Waals surface area contributed by atoms with Crippen molar-refractivity contribution in [3.05, 3.63) is 48.0 Å². The summed E-state index contributed by atoms with van der Waals surface area (Å²) in [6.45, 7) is 0. The molecule has 2 aromatic carbocycles. The molecule has 0 aliphatic carbocycles. The van der Waals surface area contributed by atoms with Crippen LogP contribution in [0.1, 0.15) is 11.6 Å². The van der Waals surface area contributed by atoms with Gasteiger partial charge in [-0.2, -0.15) is 0 Å².